The molecule has 3 atom stereocenters. The third-order valence-corrected chi connectivity index (χ3v) is 4.71. The molecule has 0 spiro atoms. The van der Waals surface area contributed by atoms with Crippen LogP contribution in [0.2, 0.25) is 0 Å². The van der Waals surface area contributed by atoms with Gasteiger partial charge in [-0.2, -0.15) is 0 Å². The number of nitrogens with one attached hydrogen (secondary N) is 1. The molecule has 2 rings (SSSR count). The fraction of sp³-hybridized carbons (Fsp3) is 0.579. The molecule has 1 saturated heterocycles. The van der Waals surface area contributed by atoms with Gasteiger partial charge < -0.3 is 15.0 Å². The molecule has 1 fully saturated rings. The van der Waals surface area contributed by atoms with E-state index >= 15 is 0 Å². The van der Waals surface area contributed by atoms with Crippen molar-refractivity contribution < 1.29 is 14.3 Å². The summed E-state index contributed by atoms with van der Waals surface area (Å²) in [6, 6.07) is 8.53. The molecule has 1 aliphatic rings. The van der Waals surface area contributed by atoms with Crippen LogP contribution >= 0.6 is 0 Å². The second kappa shape index (κ2) is 8.83. The molecule has 0 aliphatic carbocycles. The number of carbonyl (C=O) groups excluding carboxylic acids is 2. The van der Waals surface area contributed by atoms with E-state index in [0.29, 0.717) is 25.3 Å². The van der Waals surface area contributed by atoms with Gasteiger partial charge in [-0.25, -0.2) is 0 Å². The van der Waals surface area contributed by atoms with Crippen LogP contribution in [0.1, 0.15) is 44.0 Å². The molecule has 0 radical (unpaired) electrons. The highest BCUT2D eigenvalue weighted by molar-refractivity contribution is 5.97. The molecule has 1 heterocycles. The zero-order chi connectivity index (χ0) is 17.5. The van der Waals surface area contributed by atoms with Crippen LogP contribution in [0.5, 0.6) is 0 Å². The third-order valence-electron chi connectivity index (χ3n) is 4.71. The predicted molar refractivity (Wildman–Crippen MR) is 93.8 cm³/mol. The Morgan fingerprint density at radius 2 is 2.00 bits per heavy atom. The lowest BCUT2D eigenvalue weighted by molar-refractivity contribution is -0.142. The summed E-state index contributed by atoms with van der Waals surface area (Å²) in [6.07, 6.45) is 1.80. The van der Waals surface area contributed by atoms with Crippen molar-refractivity contribution in [3.05, 3.63) is 35.9 Å². The monoisotopic (exact) mass is 332 g/mol. The number of benzene rings is 1. The van der Waals surface area contributed by atoms with Crippen molar-refractivity contribution in [2.45, 2.75) is 45.8 Å². The average molecular weight is 332 g/mol. The van der Waals surface area contributed by atoms with Gasteiger partial charge >= 0.3 is 0 Å². The Hall–Kier alpha value is -1.88. The maximum Gasteiger partial charge on any atom is 0.251 e. The molecule has 1 aromatic rings. The van der Waals surface area contributed by atoms with Crippen LogP contribution in [-0.2, 0) is 9.53 Å². The maximum absolute atomic E-state index is 13.0. The lowest BCUT2D eigenvalue weighted by atomic mass is 9.96. The molecule has 3 unspecified atom stereocenters. The Morgan fingerprint density at radius 3 is 2.62 bits per heavy atom. The summed E-state index contributed by atoms with van der Waals surface area (Å²) in [7, 11) is 0. The summed E-state index contributed by atoms with van der Waals surface area (Å²) in [6.45, 7) is 7.85. The van der Waals surface area contributed by atoms with Gasteiger partial charge in [0.1, 0.15) is 6.04 Å². The summed E-state index contributed by atoms with van der Waals surface area (Å²) in [5.41, 5.74) is 0.576. The first kappa shape index (κ1) is 18.5. The minimum Gasteiger partial charge on any atom is -0.375 e. The lowest BCUT2D eigenvalue weighted by Crippen LogP contribution is -2.55. The van der Waals surface area contributed by atoms with Gasteiger partial charge in [-0.15, -0.1) is 0 Å². The van der Waals surface area contributed by atoms with E-state index in [2.05, 4.69) is 12.2 Å². The largest absolute Gasteiger partial charge is 0.375 e. The van der Waals surface area contributed by atoms with Crippen LogP contribution in [0, 0.1) is 5.92 Å². The highest BCUT2D eigenvalue weighted by Gasteiger charge is 2.32. The molecule has 2 amide bonds. The van der Waals surface area contributed by atoms with Gasteiger partial charge in [0, 0.05) is 18.7 Å². The van der Waals surface area contributed by atoms with E-state index in [1.54, 1.807) is 12.1 Å². The van der Waals surface area contributed by atoms with Crippen molar-refractivity contribution in [1.29, 1.82) is 0 Å². The number of morpholine rings is 1. The average Bonchev–Trinajstić information content (AvgIpc) is 2.65. The number of nitrogens with zero attached hydrogens (tertiary/aromatic N) is 1. The standard InChI is InChI=1S/C19H28N2O3/c1-4-14(3)17(20-18(22)15-9-7-6-8-10-15)19(23)21-11-12-24-16(5-2)13-21/h6-10,14,16-17H,4-5,11-13H2,1-3H3,(H,20,22). The van der Waals surface area contributed by atoms with Crippen LogP contribution in [0.25, 0.3) is 0 Å². The topological polar surface area (TPSA) is 58.6 Å². The molecule has 1 N–H and O–H groups in total. The fourth-order valence-corrected chi connectivity index (χ4v) is 2.86. The number of rotatable bonds is 6. The van der Waals surface area contributed by atoms with Crippen LogP contribution < -0.4 is 5.32 Å². The molecule has 0 aromatic heterocycles. The van der Waals surface area contributed by atoms with Gasteiger partial charge in [0.05, 0.1) is 12.7 Å². The first-order valence-electron chi connectivity index (χ1n) is 8.83. The number of carbonyl (C=O) groups is 2. The molecular weight excluding hydrogens is 304 g/mol. The van der Waals surface area contributed by atoms with Crippen molar-refractivity contribution in [2.24, 2.45) is 5.92 Å². The van der Waals surface area contributed by atoms with E-state index in [-0.39, 0.29) is 23.8 Å². The lowest BCUT2D eigenvalue weighted by Gasteiger charge is -2.36. The van der Waals surface area contributed by atoms with Gasteiger partial charge in [-0.1, -0.05) is 45.4 Å². The molecular formula is C19H28N2O3. The normalized spacial score (nSPS) is 20.3. The van der Waals surface area contributed by atoms with Crippen molar-refractivity contribution in [2.75, 3.05) is 19.7 Å². The van der Waals surface area contributed by atoms with E-state index < -0.39 is 6.04 Å². The number of hydrogen-bond acceptors (Lipinski definition) is 3. The molecule has 5 heteroatoms. The zero-order valence-corrected chi connectivity index (χ0v) is 14.8. The molecule has 1 aromatic carbocycles. The Morgan fingerprint density at radius 1 is 1.29 bits per heavy atom. The summed E-state index contributed by atoms with van der Waals surface area (Å²) < 4.78 is 5.64. The first-order valence-corrected chi connectivity index (χ1v) is 8.83. The molecule has 1 aliphatic heterocycles. The molecule has 5 nitrogen and oxygen atoms in total. The van der Waals surface area contributed by atoms with Gasteiger partial charge in [0.2, 0.25) is 5.91 Å². The van der Waals surface area contributed by atoms with Gasteiger partial charge in [0.25, 0.3) is 5.91 Å². The quantitative estimate of drug-likeness (QED) is 0.870. The van der Waals surface area contributed by atoms with E-state index in [1.807, 2.05) is 36.9 Å². The second-order valence-electron chi connectivity index (χ2n) is 6.39. The minimum absolute atomic E-state index is 0.00428. The van der Waals surface area contributed by atoms with Crippen LogP contribution in [-0.4, -0.2) is 48.6 Å². The first-order chi connectivity index (χ1) is 11.6. The maximum atomic E-state index is 13.0. The summed E-state index contributed by atoms with van der Waals surface area (Å²) >= 11 is 0. The van der Waals surface area contributed by atoms with Crippen molar-refractivity contribution in [3.63, 3.8) is 0 Å². The second-order valence-corrected chi connectivity index (χ2v) is 6.39. The van der Waals surface area contributed by atoms with Gasteiger partial charge in [0.15, 0.2) is 0 Å². The smallest absolute Gasteiger partial charge is 0.251 e. The Bertz CT molecular complexity index is 547. The van der Waals surface area contributed by atoms with Crippen molar-refractivity contribution in [3.8, 4) is 0 Å². The third kappa shape index (κ3) is 4.57. The minimum atomic E-state index is -0.502. The molecule has 24 heavy (non-hydrogen) atoms. The Kier molecular flexibility index (Phi) is 6.79. The SMILES string of the molecule is CCC1CN(C(=O)C(NC(=O)c2ccccc2)C(C)CC)CCO1. The number of amides is 2. The van der Waals surface area contributed by atoms with Crippen LogP contribution in [0.3, 0.4) is 0 Å². The van der Waals surface area contributed by atoms with E-state index in [4.69, 9.17) is 4.74 Å². The molecule has 0 saturated carbocycles. The van der Waals surface area contributed by atoms with Gasteiger partial charge in [-0.3, -0.25) is 9.59 Å². The number of hydrogen-bond donors (Lipinski definition) is 1. The highest BCUT2D eigenvalue weighted by Crippen LogP contribution is 2.16. The summed E-state index contributed by atoms with van der Waals surface area (Å²) in [5.74, 6) is -0.127. The van der Waals surface area contributed by atoms with Crippen molar-refractivity contribution >= 4 is 11.8 Å². The molecule has 0 bridgehead atoms. The summed E-state index contributed by atoms with van der Waals surface area (Å²) in [5, 5.41) is 2.94. The summed E-state index contributed by atoms with van der Waals surface area (Å²) in [4.78, 5) is 27.3. The Labute approximate surface area is 144 Å². The van der Waals surface area contributed by atoms with E-state index in [0.717, 1.165) is 12.8 Å². The van der Waals surface area contributed by atoms with Crippen LogP contribution in [0.4, 0.5) is 0 Å². The van der Waals surface area contributed by atoms with Crippen LogP contribution in [0.15, 0.2) is 30.3 Å². The van der Waals surface area contributed by atoms with Gasteiger partial charge in [-0.05, 0) is 24.5 Å². The highest BCUT2D eigenvalue weighted by atomic mass is 16.5. The number of ether oxygens (including phenoxy) is 1. The fourth-order valence-electron chi connectivity index (χ4n) is 2.86. The molecule has 132 valence electrons. The van der Waals surface area contributed by atoms with E-state index in [9.17, 15) is 9.59 Å². The van der Waals surface area contributed by atoms with E-state index in [1.165, 1.54) is 0 Å². The Balaban J connectivity index is 2.10. The van der Waals surface area contributed by atoms with Crippen molar-refractivity contribution in [1.82, 2.24) is 10.2 Å². The predicted octanol–water partition coefficient (Wildman–Crippen LogP) is 2.47. The zero-order valence-electron chi connectivity index (χ0n) is 14.8.